The van der Waals surface area contributed by atoms with Gasteiger partial charge in [-0.2, -0.15) is 5.10 Å². The maximum absolute atomic E-state index is 11.9. The van der Waals surface area contributed by atoms with Gasteiger partial charge in [-0.1, -0.05) is 13.8 Å². The second kappa shape index (κ2) is 6.39. The van der Waals surface area contributed by atoms with Crippen LogP contribution in [0.15, 0.2) is 0 Å². The third-order valence-electron chi connectivity index (χ3n) is 2.58. The first-order valence-corrected chi connectivity index (χ1v) is 6.19. The quantitative estimate of drug-likeness (QED) is 0.712. The van der Waals surface area contributed by atoms with Gasteiger partial charge in [-0.05, 0) is 19.8 Å². The second-order valence-electron chi connectivity index (χ2n) is 4.59. The van der Waals surface area contributed by atoms with Crippen LogP contribution in [0, 0.1) is 0 Å². The number of aromatic amines is 1. The number of nitrogen functional groups attached to an aromatic ring is 1. The minimum atomic E-state index is -0.275. The molecule has 102 valence electrons. The van der Waals surface area contributed by atoms with Crippen molar-refractivity contribution in [1.29, 1.82) is 0 Å². The van der Waals surface area contributed by atoms with Gasteiger partial charge in [0.1, 0.15) is 0 Å². The molecule has 6 heteroatoms. The van der Waals surface area contributed by atoms with Gasteiger partial charge in [-0.15, -0.1) is 0 Å². The summed E-state index contributed by atoms with van der Waals surface area (Å²) >= 11 is 0. The van der Waals surface area contributed by atoms with Crippen LogP contribution in [0.1, 0.15) is 49.8 Å². The summed E-state index contributed by atoms with van der Waals surface area (Å²) in [6.45, 7) is 8.87. The Morgan fingerprint density at radius 3 is 2.67 bits per heavy atom. The number of nitrogens with one attached hydrogen (secondary N) is 2. The highest BCUT2D eigenvalue weighted by molar-refractivity contribution is 5.97. The molecule has 1 aromatic rings. The molecule has 18 heavy (non-hydrogen) atoms. The highest BCUT2D eigenvalue weighted by Crippen LogP contribution is 2.21. The van der Waals surface area contributed by atoms with Crippen molar-refractivity contribution < 1.29 is 9.53 Å². The van der Waals surface area contributed by atoms with Gasteiger partial charge in [0.25, 0.3) is 5.91 Å². The molecule has 1 amide bonds. The van der Waals surface area contributed by atoms with Crippen molar-refractivity contribution in [2.75, 3.05) is 18.9 Å². The van der Waals surface area contributed by atoms with Crippen LogP contribution in [0.2, 0.25) is 0 Å². The lowest BCUT2D eigenvalue weighted by molar-refractivity contribution is 0.0868. The molecule has 1 atom stereocenters. The molecule has 0 aliphatic heterocycles. The van der Waals surface area contributed by atoms with Crippen LogP contribution in [-0.4, -0.2) is 35.4 Å². The van der Waals surface area contributed by atoms with Crippen molar-refractivity contribution in [3.63, 3.8) is 0 Å². The zero-order valence-electron chi connectivity index (χ0n) is 11.4. The molecular weight excluding hydrogens is 232 g/mol. The molecule has 0 aliphatic rings. The maximum Gasteiger partial charge on any atom is 0.274 e. The van der Waals surface area contributed by atoms with Crippen molar-refractivity contribution >= 4 is 11.6 Å². The van der Waals surface area contributed by atoms with E-state index in [-0.39, 0.29) is 23.6 Å². The zero-order valence-corrected chi connectivity index (χ0v) is 11.4. The lowest BCUT2D eigenvalue weighted by Gasteiger charge is -2.12. The van der Waals surface area contributed by atoms with E-state index in [0.717, 1.165) is 5.69 Å². The average molecular weight is 254 g/mol. The summed E-state index contributed by atoms with van der Waals surface area (Å²) < 4.78 is 5.23. The smallest absolute Gasteiger partial charge is 0.274 e. The first kappa shape index (κ1) is 14.5. The Hall–Kier alpha value is -1.56. The van der Waals surface area contributed by atoms with Crippen LogP contribution in [0.4, 0.5) is 5.69 Å². The fraction of sp³-hybridized carbons (Fsp3) is 0.667. The number of hydrogen-bond donors (Lipinski definition) is 3. The second-order valence-corrected chi connectivity index (χ2v) is 4.59. The van der Waals surface area contributed by atoms with Crippen LogP contribution in [0.5, 0.6) is 0 Å². The lowest BCUT2D eigenvalue weighted by Crippen LogP contribution is -2.36. The van der Waals surface area contributed by atoms with E-state index in [0.29, 0.717) is 18.9 Å². The lowest BCUT2D eigenvalue weighted by atomic mass is 10.1. The third kappa shape index (κ3) is 3.46. The van der Waals surface area contributed by atoms with Gasteiger partial charge in [0.15, 0.2) is 5.69 Å². The molecule has 1 unspecified atom stereocenters. The SMILES string of the molecule is CCOCC(C)NC(=O)c1n[nH]c(C(C)C)c1N. The molecule has 0 aliphatic carbocycles. The molecule has 0 fully saturated rings. The molecule has 1 heterocycles. The maximum atomic E-state index is 11.9. The van der Waals surface area contributed by atoms with Crippen LogP contribution < -0.4 is 11.1 Å². The largest absolute Gasteiger partial charge is 0.395 e. The Kier molecular flexibility index (Phi) is 5.15. The Morgan fingerprint density at radius 2 is 2.17 bits per heavy atom. The standard InChI is InChI=1S/C12H22N4O2/c1-5-18-6-8(4)14-12(17)11-9(13)10(7(2)3)15-16-11/h7-8H,5-6,13H2,1-4H3,(H,14,17)(H,15,16). The number of carbonyl (C=O) groups is 1. The van der Waals surface area contributed by atoms with E-state index in [9.17, 15) is 4.79 Å². The van der Waals surface area contributed by atoms with Crippen LogP contribution in [0.3, 0.4) is 0 Å². The topological polar surface area (TPSA) is 93.0 Å². The Labute approximate surface area is 107 Å². The van der Waals surface area contributed by atoms with Crippen molar-refractivity contribution in [1.82, 2.24) is 15.5 Å². The van der Waals surface area contributed by atoms with E-state index < -0.39 is 0 Å². The number of aromatic nitrogens is 2. The van der Waals surface area contributed by atoms with E-state index in [1.807, 2.05) is 27.7 Å². The number of carbonyl (C=O) groups excluding carboxylic acids is 1. The third-order valence-corrected chi connectivity index (χ3v) is 2.58. The van der Waals surface area contributed by atoms with Crippen LogP contribution >= 0.6 is 0 Å². The van der Waals surface area contributed by atoms with Crippen LogP contribution in [-0.2, 0) is 4.74 Å². The fourth-order valence-corrected chi connectivity index (χ4v) is 1.61. The van der Waals surface area contributed by atoms with Crippen molar-refractivity contribution in [3.05, 3.63) is 11.4 Å². The number of amides is 1. The molecule has 0 radical (unpaired) electrons. The number of hydrogen-bond acceptors (Lipinski definition) is 4. The molecule has 0 bridgehead atoms. The number of nitrogens with zero attached hydrogens (tertiary/aromatic N) is 1. The summed E-state index contributed by atoms with van der Waals surface area (Å²) in [6.07, 6.45) is 0. The summed E-state index contributed by atoms with van der Waals surface area (Å²) in [5, 5.41) is 9.57. The predicted octanol–water partition coefficient (Wildman–Crippen LogP) is 1.27. The van der Waals surface area contributed by atoms with Gasteiger partial charge in [0.05, 0.1) is 18.0 Å². The van der Waals surface area contributed by atoms with E-state index in [1.54, 1.807) is 0 Å². The van der Waals surface area contributed by atoms with Crippen molar-refractivity contribution in [2.45, 2.75) is 39.7 Å². The van der Waals surface area contributed by atoms with Gasteiger partial charge in [-0.25, -0.2) is 0 Å². The molecule has 1 aromatic heterocycles. The molecule has 0 saturated heterocycles. The van der Waals surface area contributed by atoms with E-state index in [2.05, 4.69) is 15.5 Å². The zero-order chi connectivity index (χ0) is 13.7. The summed E-state index contributed by atoms with van der Waals surface area (Å²) in [5.74, 6) is -0.0669. The average Bonchev–Trinajstić information content (AvgIpc) is 2.68. The minimum Gasteiger partial charge on any atom is -0.395 e. The molecule has 4 N–H and O–H groups in total. The highest BCUT2D eigenvalue weighted by Gasteiger charge is 2.19. The van der Waals surface area contributed by atoms with Crippen molar-refractivity contribution in [3.8, 4) is 0 Å². The number of nitrogens with two attached hydrogens (primary N) is 1. The first-order chi connectivity index (χ1) is 8.47. The van der Waals surface area contributed by atoms with Gasteiger partial charge in [0.2, 0.25) is 0 Å². The van der Waals surface area contributed by atoms with Gasteiger partial charge >= 0.3 is 0 Å². The Morgan fingerprint density at radius 1 is 1.50 bits per heavy atom. The number of H-pyrrole nitrogens is 1. The molecule has 0 aromatic carbocycles. The first-order valence-electron chi connectivity index (χ1n) is 6.19. The van der Waals surface area contributed by atoms with Gasteiger partial charge < -0.3 is 15.8 Å². The fourth-order valence-electron chi connectivity index (χ4n) is 1.61. The van der Waals surface area contributed by atoms with E-state index >= 15 is 0 Å². The molecule has 1 rings (SSSR count). The van der Waals surface area contributed by atoms with Crippen LogP contribution in [0.25, 0.3) is 0 Å². The normalized spacial score (nSPS) is 12.7. The number of anilines is 1. The summed E-state index contributed by atoms with van der Waals surface area (Å²) in [4.78, 5) is 11.9. The Balaban J connectivity index is 2.67. The summed E-state index contributed by atoms with van der Waals surface area (Å²) in [7, 11) is 0. The Bertz CT molecular complexity index is 401. The van der Waals surface area contributed by atoms with E-state index in [4.69, 9.17) is 10.5 Å². The molecular formula is C12H22N4O2. The molecule has 0 saturated carbocycles. The summed E-state index contributed by atoms with van der Waals surface area (Å²) in [6, 6.07) is -0.0731. The number of ether oxygens (including phenoxy) is 1. The van der Waals surface area contributed by atoms with Gasteiger partial charge in [0, 0.05) is 12.6 Å². The van der Waals surface area contributed by atoms with Gasteiger partial charge in [-0.3, -0.25) is 9.89 Å². The monoisotopic (exact) mass is 254 g/mol. The molecule has 0 spiro atoms. The predicted molar refractivity (Wildman–Crippen MR) is 70.5 cm³/mol. The molecule has 6 nitrogen and oxygen atoms in total. The van der Waals surface area contributed by atoms with Crippen molar-refractivity contribution in [2.24, 2.45) is 0 Å². The minimum absolute atomic E-state index is 0.0731. The summed E-state index contributed by atoms with van der Waals surface area (Å²) in [5.41, 5.74) is 7.36. The van der Waals surface area contributed by atoms with E-state index in [1.165, 1.54) is 0 Å². The highest BCUT2D eigenvalue weighted by atomic mass is 16.5. The number of rotatable bonds is 6.